The predicted molar refractivity (Wildman–Crippen MR) is 121 cm³/mol. The third-order valence-electron chi connectivity index (χ3n) is 6.41. The van der Waals surface area contributed by atoms with E-state index in [0.717, 1.165) is 45.4 Å². The average molecular weight is 421 g/mol. The Labute approximate surface area is 184 Å². The number of piperazine rings is 1. The number of hydrogen-bond acceptors (Lipinski definition) is 4. The molecule has 0 radical (unpaired) electrons. The van der Waals surface area contributed by atoms with Crippen LogP contribution >= 0.6 is 0 Å². The van der Waals surface area contributed by atoms with Gasteiger partial charge in [-0.3, -0.25) is 19.9 Å². The van der Waals surface area contributed by atoms with Crippen LogP contribution in [0.15, 0.2) is 60.7 Å². The summed E-state index contributed by atoms with van der Waals surface area (Å²) in [5.41, 5.74) is 5.54. The molecule has 2 N–H and O–H groups in total. The third kappa shape index (κ3) is 5.32. The van der Waals surface area contributed by atoms with Gasteiger partial charge in [0.25, 0.3) is 5.91 Å². The number of carbonyl (C=O) groups excluding carboxylic acids is 2. The molecule has 2 amide bonds. The number of hydrazine groups is 1. The fourth-order valence-corrected chi connectivity index (χ4v) is 4.30. The van der Waals surface area contributed by atoms with Gasteiger partial charge in [0.2, 0.25) is 5.91 Å². The molecular formula is C25H32N4O2. The van der Waals surface area contributed by atoms with Crippen LogP contribution in [-0.4, -0.2) is 53.9 Å². The zero-order chi connectivity index (χ0) is 21.6. The molecule has 1 aliphatic carbocycles. The number of nitrogens with one attached hydrogen (secondary N) is 2. The van der Waals surface area contributed by atoms with Crippen molar-refractivity contribution in [1.82, 2.24) is 20.7 Å². The number of amides is 2. The van der Waals surface area contributed by atoms with Crippen molar-refractivity contribution in [2.24, 2.45) is 5.92 Å². The summed E-state index contributed by atoms with van der Waals surface area (Å²) in [6.45, 7) is 4.93. The van der Waals surface area contributed by atoms with Crippen molar-refractivity contribution < 1.29 is 9.59 Å². The van der Waals surface area contributed by atoms with Gasteiger partial charge in [-0.25, -0.2) is 5.01 Å². The Morgan fingerprint density at radius 2 is 1.42 bits per heavy atom. The minimum Gasteiger partial charge on any atom is -0.344 e. The molecule has 4 rings (SSSR count). The quantitative estimate of drug-likeness (QED) is 0.723. The molecule has 2 aliphatic rings. The van der Waals surface area contributed by atoms with Gasteiger partial charge >= 0.3 is 0 Å². The van der Waals surface area contributed by atoms with Crippen molar-refractivity contribution in [1.29, 1.82) is 0 Å². The van der Waals surface area contributed by atoms with E-state index < -0.39 is 6.04 Å². The van der Waals surface area contributed by atoms with E-state index in [4.69, 9.17) is 0 Å². The summed E-state index contributed by atoms with van der Waals surface area (Å²) in [5.74, 6) is -0.0530. The van der Waals surface area contributed by atoms with Crippen LogP contribution in [0.2, 0.25) is 0 Å². The number of hydrogen-bond donors (Lipinski definition) is 2. The van der Waals surface area contributed by atoms with Crippen LogP contribution < -0.4 is 10.7 Å². The highest BCUT2D eigenvalue weighted by Crippen LogP contribution is 2.29. The molecule has 6 nitrogen and oxygen atoms in total. The summed E-state index contributed by atoms with van der Waals surface area (Å²) >= 11 is 0. The van der Waals surface area contributed by atoms with Crippen LogP contribution in [-0.2, 0) is 9.59 Å². The first-order chi connectivity index (χ1) is 15.1. The van der Waals surface area contributed by atoms with Crippen molar-refractivity contribution in [3.8, 4) is 0 Å². The van der Waals surface area contributed by atoms with Crippen LogP contribution in [0.5, 0.6) is 0 Å². The van der Waals surface area contributed by atoms with Gasteiger partial charge in [-0.1, -0.05) is 67.1 Å². The molecule has 2 aromatic carbocycles. The second-order valence-electron chi connectivity index (χ2n) is 8.58. The highest BCUT2D eigenvalue weighted by Gasteiger charge is 2.30. The van der Waals surface area contributed by atoms with Crippen LogP contribution in [0.25, 0.3) is 0 Å². The normalized spacial score (nSPS) is 18.9. The maximum absolute atomic E-state index is 12.6. The van der Waals surface area contributed by atoms with E-state index in [-0.39, 0.29) is 23.8 Å². The van der Waals surface area contributed by atoms with Crippen molar-refractivity contribution in [3.63, 3.8) is 0 Å². The molecule has 2 fully saturated rings. The summed E-state index contributed by atoms with van der Waals surface area (Å²) in [6, 6.07) is 20.8. The minimum atomic E-state index is -0.521. The van der Waals surface area contributed by atoms with E-state index in [1.54, 1.807) is 6.92 Å². The summed E-state index contributed by atoms with van der Waals surface area (Å²) in [5, 5.41) is 4.82. The number of nitrogens with zero attached hydrogens (tertiary/aromatic N) is 2. The highest BCUT2D eigenvalue weighted by molar-refractivity contribution is 5.88. The van der Waals surface area contributed by atoms with Gasteiger partial charge < -0.3 is 5.32 Å². The molecule has 0 aromatic heterocycles. The lowest BCUT2D eigenvalue weighted by Gasteiger charge is -2.40. The predicted octanol–water partition coefficient (Wildman–Crippen LogP) is 2.73. The van der Waals surface area contributed by atoms with Gasteiger partial charge in [0.1, 0.15) is 6.04 Å². The second-order valence-corrected chi connectivity index (χ2v) is 8.58. The molecule has 2 aromatic rings. The van der Waals surface area contributed by atoms with Crippen molar-refractivity contribution in [3.05, 3.63) is 71.8 Å². The van der Waals surface area contributed by atoms with Crippen molar-refractivity contribution >= 4 is 11.8 Å². The Kier molecular flexibility index (Phi) is 6.99. The maximum atomic E-state index is 12.6. The standard InChI is InChI=1S/C25H32N4O2/c1-19(26-25(31)22-13-8-14-22)24(30)27-29-17-15-28(16-18-29)23(20-9-4-2-5-10-20)21-11-6-3-7-12-21/h2-7,9-12,19,22-23H,8,13-18H2,1H3,(H,26,31)(H,27,30). The van der Waals surface area contributed by atoms with Crippen molar-refractivity contribution in [2.75, 3.05) is 26.2 Å². The molecule has 6 heteroatoms. The van der Waals surface area contributed by atoms with Gasteiger partial charge in [-0.2, -0.15) is 0 Å². The van der Waals surface area contributed by atoms with Gasteiger partial charge in [0.15, 0.2) is 0 Å². The Bertz CT molecular complexity index is 822. The Balaban J connectivity index is 1.33. The smallest absolute Gasteiger partial charge is 0.256 e. The third-order valence-corrected chi connectivity index (χ3v) is 6.41. The molecule has 164 valence electrons. The van der Waals surface area contributed by atoms with Gasteiger partial charge in [-0.05, 0) is 30.9 Å². The topological polar surface area (TPSA) is 64.7 Å². The SMILES string of the molecule is CC(NC(=O)C1CCC1)C(=O)NN1CCN(C(c2ccccc2)c2ccccc2)CC1. The lowest BCUT2D eigenvalue weighted by Crippen LogP contribution is -2.57. The van der Waals surface area contributed by atoms with Crippen LogP contribution in [0.1, 0.15) is 43.4 Å². The minimum absolute atomic E-state index is 0.00674. The monoisotopic (exact) mass is 420 g/mol. The highest BCUT2D eigenvalue weighted by atomic mass is 16.2. The number of benzene rings is 2. The van der Waals surface area contributed by atoms with E-state index >= 15 is 0 Å². The van der Waals surface area contributed by atoms with Crippen LogP contribution in [0, 0.1) is 5.92 Å². The maximum Gasteiger partial charge on any atom is 0.256 e. The van der Waals surface area contributed by atoms with E-state index in [1.807, 2.05) is 17.1 Å². The fourth-order valence-electron chi connectivity index (χ4n) is 4.30. The lowest BCUT2D eigenvalue weighted by atomic mass is 9.84. The Morgan fingerprint density at radius 3 is 1.90 bits per heavy atom. The summed E-state index contributed by atoms with van der Waals surface area (Å²) < 4.78 is 0. The molecule has 1 saturated heterocycles. The van der Waals surface area contributed by atoms with E-state index in [2.05, 4.69) is 64.2 Å². The van der Waals surface area contributed by atoms with Crippen molar-refractivity contribution in [2.45, 2.75) is 38.3 Å². The van der Waals surface area contributed by atoms with E-state index in [1.165, 1.54) is 11.1 Å². The Hall–Kier alpha value is -2.70. The Morgan fingerprint density at radius 1 is 0.871 bits per heavy atom. The fraction of sp³-hybridized carbons (Fsp3) is 0.440. The van der Waals surface area contributed by atoms with E-state index in [0.29, 0.717) is 0 Å². The molecular weight excluding hydrogens is 388 g/mol. The molecule has 0 bridgehead atoms. The van der Waals surface area contributed by atoms with Gasteiger partial charge in [-0.15, -0.1) is 0 Å². The first-order valence-corrected chi connectivity index (χ1v) is 11.3. The zero-order valence-corrected chi connectivity index (χ0v) is 18.2. The first-order valence-electron chi connectivity index (χ1n) is 11.3. The summed E-state index contributed by atoms with van der Waals surface area (Å²) in [6.07, 6.45) is 2.98. The molecule has 1 aliphatic heterocycles. The van der Waals surface area contributed by atoms with Crippen LogP contribution in [0.4, 0.5) is 0 Å². The van der Waals surface area contributed by atoms with Gasteiger partial charge in [0, 0.05) is 32.1 Å². The molecule has 31 heavy (non-hydrogen) atoms. The van der Waals surface area contributed by atoms with Crippen LogP contribution in [0.3, 0.4) is 0 Å². The zero-order valence-electron chi connectivity index (χ0n) is 18.2. The molecule has 1 heterocycles. The second kappa shape index (κ2) is 10.1. The molecule has 1 saturated carbocycles. The molecule has 1 atom stereocenters. The summed E-state index contributed by atoms with van der Waals surface area (Å²) in [4.78, 5) is 27.1. The lowest BCUT2D eigenvalue weighted by molar-refractivity contribution is -0.135. The molecule has 0 spiro atoms. The average Bonchev–Trinajstić information content (AvgIpc) is 2.75. The van der Waals surface area contributed by atoms with Gasteiger partial charge in [0.05, 0.1) is 6.04 Å². The van der Waals surface area contributed by atoms with E-state index in [9.17, 15) is 9.59 Å². The largest absolute Gasteiger partial charge is 0.344 e. The molecule has 1 unspecified atom stereocenters. The number of rotatable bonds is 7. The first kappa shape index (κ1) is 21.5. The summed E-state index contributed by atoms with van der Waals surface area (Å²) in [7, 11) is 0. The number of carbonyl (C=O) groups is 2.